The molecule has 8 heteroatoms. The summed E-state index contributed by atoms with van der Waals surface area (Å²) in [5, 5.41) is 9.12. The summed E-state index contributed by atoms with van der Waals surface area (Å²) in [6, 6.07) is 6.43. The number of carboxylic acids is 1. The maximum atomic E-state index is 12.4. The molecule has 23 heavy (non-hydrogen) atoms. The number of carboxylic acid groups (broad SMARTS) is 1. The van der Waals surface area contributed by atoms with Gasteiger partial charge in [-0.1, -0.05) is 24.3 Å². The molecule has 0 bridgehead atoms. The molecule has 1 aromatic carbocycles. The van der Waals surface area contributed by atoms with Crippen molar-refractivity contribution in [1.29, 1.82) is 0 Å². The third-order valence-electron chi connectivity index (χ3n) is 3.82. The number of hydrogen-bond donors (Lipinski definition) is 2. The molecule has 0 aromatic heterocycles. The lowest BCUT2D eigenvalue weighted by atomic mass is 10.1. The Morgan fingerprint density at radius 3 is 2.74 bits per heavy atom. The first kappa shape index (κ1) is 17.9. The first-order valence-corrected chi connectivity index (χ1v) is 9.03. The summed E-state index contributed by atoms with van der Waals surface area (Å²) in [7, 11) is -3.83. The lowest BCUT2D eigenvalue weighted by molar-refractivity contribution is -0.140. The fourth-order valence-corrected chi connectivity index (χ4v) is 4.01. The zero-order valence-electron chi connectivity index (χ0n) is 13.1. The molecule has 0 aliphatic carbocycles. The molecule has 1 aliphatic heterocycles. The number of carbonyl (C=O) groups is 1. The minimum absolute atomic E-state index is 0.106. The summed E-state index contributed by atoms with van der Waals surface area (Å²) >= 11 is 0. The summed E-state index contributed by atoms with van der Waals surface area (Å²) in [6.07, 6.45) is 0.899. The van der Waals surface area contributed by atoms with Crippen molar-refractivity contribution in [2.45, 2.75) is 39.0 Å². The minimum Gasteiger partial charge on any atom is -0.480 e. The van der Waals surface area contributed by atoms with E-state index in [-0.39, 0.29) is 13.1 Å². The molecule has 128 valence electrons. The van der Waals surface area contributed by atoms with Crippen molar-refractivity contribution < 1.29 is 23.1 Å². The van der Waals surface area contributed by atoms with Crippen LogP contribution in [0.4, 0.5) is 0 Å². The molecule has 2 N–H and O–H groups in total. The van der Waals surface area contributed by atoms with E-state index in [2.05, 4.69) is 4.72 Å². The molecule has 2 rings (SSSR count). The van der Waals surface area contributed by atoms with Crippen molar-refractivity contribution in [3.05, 3.63) is 35.4 Å². The molecule has 0 saturated carbocycles. The van der Waals surface area contributed by atoms with Gasteiger partial charge in [0.05, 0.1) is 6.61 Å². The Labute approximate surface area is 136 Å². The van der Waals surface area contributed by atoms with Gasteiger partial charge in [-0.15, -0.1) is 0 Å². The predicted octanol–water partition coefficient (Wildman–Crippen LogP) is 1.11. The summed E-state index contributed by atoms with van der Waals surface area (Å²) in [5.41, 5.74) is 1.73. The standard InChI is InChI=1S/C15H22N2O5S/c1-2-22-11-13-7-4-3-6-12(13)10-16-23(20,21)17-9-5-8-14(17)15(18)19/h3-4,6-7,14,16H,2,5,8-11H2,1H3,(H,18,19). The molecule has 1 heterocycles. The Balaban J connectivity index is 2.06. The molecule has 7 nitrogen and oxygen atoms in total. The van der Waals surface area contributed by atoms with E-state index in [0.717, 1.165) is 15.4 Å². The maximum Gasteiger partial charge on any atom is 0.322 e. The van der Waals surface area contributed by atoms with Crippen LogP contribution in [0.15, 0.2) is 24.3 Å². The SMILES string of the molecule is CCOCc1ccccc1CNS(=O)(=O)N1CCCC1C(=O)O. The summed E-state index contributed by atoms with van der Waals surface area (Å²) in [4.78, 5) is 11.2. The lowest BCUT2D eigenvalue weighted by Gasteiger charge is -2.21. The van der Waals surface area contributed by atoms with Crippen LogP contribution in [0.2, 0.25) is 0 Å². The van der Waals surface area contributed by atoms with E-state index in [4.69, 9.17) is 9.84 Å². The van der Waals surface area contributed by atoms with Crippen LogP contribution >= 0.6 is 0 Å². The van der Waals surface area contributed by atoms with Crippen molar-refractivity contribution in [3.8, 4) is 0 Å². The lowest BCUT2D eigenvalue weighted by Crippen LogP contribution is -2.46. The van der Waals surface area contributed by atoms with Crippen molar-refractivity contribution in [2.75, 3.05) is 13.2 Å². The number of hydrogen-bond acceptors (Lipinski definition) is 4. The normalized spacial score (nSPS) is 19.1. The second-order valence-corrected chi connectivity index (χ2v) is 7.05. The molecule has 1 fully saturated rings. The van der Waals surface area contributed by atoms with E-state index in [1.807, 2.05) is 31.2 Å². The highest BCUT2D eigenvalue weighted by atomic mass is 32.2. The van der Waals surface area contributed by atoms with Crippen LogP contribution in [0, 0.1) is 0 Å². The van der Waals surface area contributed by atoms with Crippen LogP contribution < -0.4 is 4.72 Å². The van der Waals surface area contributed by atoms with Crippen LogP contribution in [0.1, 0.15) is 30.9 Å². The third-order valence-corrected chi connectivity index (χ3v) is 5.39. The molecule has 1 aromatic rings. The fraction of sp³-hybridized carbons (Fsp3) is 0.533. The minimum atomic E-state index is -3.83. The monoisotopic (exact) mass is 342 g/mol. The highest BCUT2D eigenvalue weighted by Crippen LogP contribution is 2.21. The predicted molar refractivity (Wildman–Crippen MR) is 84.9 cm³/mol. The number of nitrogens with zero attached hydrogens (tertiary/aromatic N) is 1. The van der Waals surface area contributed by atoms with Crippen LogP contribution in [-0.2, 0) is 32.9 Å². The summed E-state index contributed by atoms with van der Waals surface area (Å²) in [6.45, 7) is 3.22. The number of ether oxygens (including phenoxy) is 1. The third kappa shape index (κ3) is 4.51. The van der Waals surface area contributed by atoms with Gasteiger partial charge in [-0.2, -0.15) is 17.4 Å². The number of benzene rings is 1. The molecule has 0 spiro atoms. The van der Waals surface area contributed by atoms with Crippen LogP contribution in [0.5, 0.6) is 0 Å². The molecule has 1 aliphatic rings. The molecular weight excluding hydrogens is 320 g/mol. The molecule has 1 saturated heterocycles. The smallest absolute Gasteiger partial charge is 0.322 e. The molecule has 0 radical (unpaired) electrons. The highest BCUT2D eigenvalue weighted by Gasteiger charge is 2.38. The van der Waals surface area contributed by atoms with E-state index in [1.54, 1.807) is 0 Å². The Hall–Kier alpha value is -1.48. The largest absolute Gasteiger partial charge is 0.480 e. The van der Waals surface area contributed by atoms with Gasteiger partial charge in [-0.3, -0.25) is 4.79 Å². The average molecular weight is 342 g/mol. The highest BCUT2D eigenvalue weighted by molar-refractivity contribution is 7.87. The maximum absolute atomic E-state index is 12.4. The van der Waals surface area contributed by atoms with Gasteiger partial charge >= 0.3 is 5.97 Å². The fourth-order valence-electron chi connectivity index (χ4n) is 2.61. The van der Waals surface area contributed by atoms with Gasteiger partial charge in [-0.25, -0.2) is 0 Å². The second kappa shape index (κ2) is 7.87. The van der Waals surface area contributed by atoms with Gasteiger partial charge in [0.1, 0.15) is 6.04 Å². The molecule has 1 unspecified atom stereocenters. The Morgan fingerprint density at radius 2 is 2.09 bits per heavy atom. The average Bonchev–Trinajstić information content (AvgIpc) is 3.02. The van der Waals surface area contributed by atoms with Gasteiger partial charge in [-0.05, 0) is 30.9 Å². The molecule has 0 amide bonds. The second-order valence-electron chi connectivity index (χ2n) is 5.34. The van der Waals surface area contributed by atoms with Crippen LogP contribution in [0.3, 0.4) is 0 Å². The zero-order chi connectivity index (χ0) is 16.9. The van der Waals surface area contributed by atoms with Crippen molar-refractivity contribution >= 4 is 16.2 Å². The van der Waals surface area contributed by atoms with Crippen molar-refractivity contribution in [1.82, 2.24) is 9.03 Å². The van der Waals surface area contributed by atoms with Gasteiger partial charge < -0.3 is 9.84 Å². The molecular formula is C15H22N2O5S. The number of nitrogens with one attached hydrogen (secondary N) is 1. The Kier molecular flexibility index (Phi) is 6.11. The van der Waals surface area contributed by atoms with Crippen molar-refractivity contribution in [2.24, 2.45) is 0 Å². The van der Waals surface area contributed by atoms with E-state index in [0.29, 0.717) is 26.1 Å². The number of aliphatic carboxylic acids is 1. The van der Waals surface area contributed by atoms with Crippen LogP contribution in [0.25, 0.3) is 0 Å². The zero-order valence-corrected chi connectivity index (χ0v) is 13.9. The van der Waals surface area contributed by atoms with Crippen molar-refractivity contribution in [3.63, 3.8) is 0 Å². The van der Waals surface area contributed by atoms with E-state index >= 15 is 0 Å². The molecule has 1 atom stereocenters. The van der Waals surface area contributed by atoms with E-state index in [9.17, 15) is 13.2 Å². The van der Waals surface area contributed by atoms with Crippen LogP contribution in [-0.4, -0.2) is 43.0 Å². The van der Waals surface area contributed by atoms with Gasteiger partial charge in [0.25, 0.3) is 10.2 Å². The first-order chi connectivity index (χ1) is 11.0. The Morgan fingerprint density at radius 1 is 1.39 bits per heavy atom. The summed E-state index contributed by atoms with van der Waals surface area (Å²) in [5.74, 6) is -1.11. The van der Waals surface area contributed by atoms with Gasteiger partial charge in [0.15, 0.2) is 0 Å². The van der Waals surface area contributed by atoms with Gasteiger partial charge in [0.2, 0.25) is 0 Å². The van der Waals surface area contributed by atoms with E-state index < -0.39 is 22.2 Å². The van der Waals surface area contributed by atoms with Gasteiger partial charge in [0, 0.05) is 19.7 Å². The number of rotatable bonds is 8. The summed E-state index contributed by atoms with van der Waals surface area (Å²) < 4.78 is 33.6. The topological polar surface area (TPSA) is 95.9 Å². The first-order valence-electron chi connectivity index (χ1n) is 7.59. The van der Waals surface area contributed by atoms with E-state index in [1.165, 1.54) is 0 Å². The quantitative estimate of drug-likeness (QED) is 0.738. The Bertz CT molecular complexity index is 647.